The molecule has 3 nitrogen and oxygen atoms in total. The maximum absolute atomic E-state index is 8.76. The molecule has 0 aromatic heterocycles. The fourth-order valence-corrected chi connectivity index (χ4v) is 2.79. The molecule has 1 atom stereocenters. The van der Waals surface area contributed by atoms with Gasteiger partial charge in [-0.2, -0.15) is 0 Å². The van der Waals surface area contributed by atoms with E-state index >= 15 is 0 Å². The average Bonchev–Trinajstić information content (AvgIpc) is 2.39. The minimum atomic E-state index is 0.202. The molecule has 0 aliphatic carbocycles. The minimum Gasteiger partial charge on any atom is -0.395 e. The van der Waals surface area contributed by atoms with Crippen molar-refractivity contribution >= 4 is 0 Å². The van der Waals surface area contributed by atoms with Crippen LogP contribution in [0.4, 0.5) is 0 Å². The lowest BCUT2D eigenvalue weighted by atomic mass is 9.92. The highest BCUT2D eigenvalue weighted by molar-refractivity contribution is 5.36. The van der Waals surface area contributed by atoms with Gasteiger partial charge in [-0.15, -0.1) is 0 Å². The van der Waals surface area contributed by atoms with Crippen LogP contribution in [0.3, 0.4) is 0 Å². The van der Waals surface area contributed by atoms with Crippen LogP contribution in [0.2, 0.25) is 0 Å². The third kappa shape index (κ3) is 2.91. The lowest BCUT2D eigenvalue weighted by Crippen LogP contribution is -2.33. The van der Waals surface area contributed by atoms with Crippen molar-refractivity contribution in [2.45, 2.75) is 32.9 Å². The van der Waals surface area contributed by atoms with Crippen molar-refractivity contribution in [3.8, 4) is 0 Å². The summed E-state index contributed by atoms with van der Waals surface area (Å²) < 4.78 is 0. The second-order valence-corrected chi connectivity index (χ2v) is 4.99. The van der Waals surface area contributed by atoms with Crippen LogP contribution < -0.4 is 5.32 Å². The number of nitrogens with one attached hydrogen (secondary N) is 1. The molecule has 1 unspecified atom stereocenters. The smallest absolute Gasteiger partial charge is 0.0556 e. The van der Waals surface area contributed by atoms with E-state index < -0.39 is 0 Å². The van der Waals surface area contributed by atoms with Crippen molar-refractivity contribution < 1.29 is 5.11 Å². The zero-order chi connectivity index (χ0) is 13.0. The summed E-state index contributed by atoms with van der Waals surface area (Å²) in [5.74, 6) is 0. The van der Waals surface area contributed by atoms with Crippen molar-refractivity contribution in [2.24, 2.45) is 0 Å². The van der Waals surface area contributed by atoms with Gasteiger partial charge >= 0.3 is 0 Å². The van der Waals surface area contributed by atoms with Crippen molar-refractivity contribution in [1.82, 2.24) is 10.2 Å². The van der Waals surface area contributed by atoms with Crippen molar-refractivity contribution in [3.63, 3.8) is 0 Å². The third-order valence-electron chi connectivity index (χ3n) is 3.90. The molecule has 0 spiro atoms. The molecular weight excluding hydrogens is 224 g/mol. The van der Waals surface area contributed by atoms with Crippen LogP contribution in [-0.4, -0.2) is 36.2 Å². The van der Waals surface area contributed by atoms with Gasteiger partial charge in [0, 0.05) is 25.7 Å². The van der Waals surface area contributed by atoms with Gasteiger partial charge in [-0.05, 0) is 36.6 Å². The Morgan fingerprint density at radius 3 is 3.00 bits per heavy atom. The molecule has 0 fully saturated rings. The van der Waals surface area contributed by atoms with E-state index in [0.717, 1.165) is 26.1 Å². The average molecular weight is 248 g/mol. The van der Waals surface area contributed by atoms with Gasteiger partial charge in [-0.1, -0.05) is 25.1 Å². The van der Waals surface area contributed by atoms with Crippen LogP contribution in [0, 0.1) is 0 Å². The molecule has 0 bridgehead atoms. The third-order valence-corrected chi connectivity index (χ3v) is 3.90. The van der Waals surface area contributed by atoms with Crippen molar-refractivity contribution in [3.05, 3.63) is 34.9 Å². The Morgan fingerprint density at radius 2 is 2.28 bits per heavy atom. The standard InChI is InChI=1S/C15H24N2O/c1-3-17-8-6-14-10-13(11-16-7-9-18)4-5-15(14)12(17)2/h4-5,10,12,16,18H,3,6-9,11H2,1-2H3. The van der Waals surface area contributed by atoms with Gasteiger partial charge in [-0.3, -0.25) is 4.90 Å². The molecule has 18 heavy (non-hydrogen) atoms. The Bertz CT molecular complexity index is 392. The Kier molecular flexibility index (Phi) is 4.75. The summed E-state index contributed by atoms with van der Waals surface area (Å²) in [7, 11) is 0. The molecule has 100 valence electrons. The molecule has 0 saturated heterocycles. The van der Waals surface area contributed by atoms with Gasteiger partial charge in [-0.25, -0.2) is 0 Å². The molecule has 0 amide bonds. The van der Waals surface area contributed by atoms with E-state index in [9.17, 15) is 0 Å². The molecule has 1 aromatic carbocycles. The summed E-state index contributed by atoms with van der Waals surface area (Å²) >= 11 is 0. The summed E-state index contributed by atoms with van der Waals surface area (Å²) in [6.07, 6.45) is 1.15. The van der Waals surface area contributed by atoms with Crippen molar-refractivity contribution in [2.75, 3.05) is 26.2 Å². The molecule has 1 aliphatic rings. The summed E-state index contributed by atoms with van der Waals surface area (Å²) in [4.78, 5) is 2.52. The van der Waals surface area contributed by atoms with Gasteiger partial charge in [0.05, 0.1) is 6.61 Å². The monoisotopic (exact) mass is 248 g/mol. The fourth-order valence-electron chi connectivity index (χ4n) is 2.79. The van der Waals surface area contributed by atoms with Gasteiger partial charge < -0.3 is 10.4 Å². The number of hydrogen-bond donors (Lipinski definition) is 2. The van der Waals surface area contributed by atoms with E-state index in [1.807, 2.05) is 0 Å². The minimum absolute atomic E-state index is 0.202. The van der Waals surface area contributed by atoms with Gasteiger partial charge in [0.1, 0.15) is 0 Å². The highest BCUT2D eigenvalue weighted by atomic mass is 16.3. The normalized spacial score (nSPS) is 19.8. The predicted octanol–water partition coefficient (Wildman–Crippen LogP) is 1.71. The summed E-state index contributed by atoms with van der Waals surface area (Å²) in [6.45, 7) is 8.53. The first-order valence-electron chi connectivity index (χ1n) is 6.93. The molecular formula is C15H24N2O. The Balaban J connectivity index is 2.08. The number of likely N-dealkylation sites (N-methyl/N-ethyl adjacent to an activating group) is 1. The molecule has 2 N–H and O–H groups in total. The van der Waals surface area contributed by atoms with Gasteiger partial charge in [0.15, 0.2) is 0 Å². The largest absolute Gasteiger partial charge is 0.395 e. The summed E-state index contributed by atoms with van der Waals surface area (Å²) in [5.41, 5.74) is 4.30. The SMILES string of the molecule is CCN1CCc2cc(CNCCO)ccc2C1C. The molecule has 2 rings (SSSR count). The Hall–Kier alpha value is -0.900. The lowest BCUT2D eigenvalue weighted by Gasteiger charge is -2.34. The van der Waals surface area contributed by atoms with E-state index in [0.29, 0.717) is 12.6 Å². The van der Waals surface area contributed by atoms with Crippen LogP contribution in [0.15, 0.2) is 18.2 Å². The van der Waals surface area contributed by atoms with E-state index in [1.165, 1.54) is 16.7 Å². The number of rotatable bonds is 5. The Labute approximate surface area is 110 Å². The zero-order valence-corrected chi connectivity index (χ0v) is 11.4. The zero-order valence-electron chi connectivity index (χ0n) is 11.4. The quantitative estimate of drug-likeness (QED) is 0.779. The molecule has 0 saturated carbocycles. The predicted molar refractivity (Wildman–Crippen MR) is 74.6 cm³/mol. The maximum Gasteiger partial charge on any atom is 0.0556 e. The number of fused-ring (bicyclic) bond motifs is 1. The molecule has 1 aliphatic heterocycles. The van der Waals surface area contributed by atoms with Crippen LogP contribution in [-0.2, 0) is 13.0 Å². The van der Waals surface area contributed by atoms with Crippen LogP contribution >= 0.6 is 0 Å². The van der Waals surface area contributed by atoms with E-state index in [4.69, 9.17) is 5.11 Å². The molecule has 1 heterocycles. The first-order valence-corrected chi connectivity index (χ1v) is 6.93. The fraction of sp³-hybridized carbons (Fsp3) is 0.600. The van der Waals surface area contributed by atoms with Crippen LogP contribution in [0.1, 0.15) is 36.6 Å². The highest BCUT2D eigenvalue weighted by Gasteiger charge is 2.22. The van der Waals surface area contributed by atoms with E-state index in [1.54, 1.807) is 0 Å². The van der Waals surface area contributed by atoms with Crippen molar-refractivity contribution in [1.29, 1.82) is 0 Å². The van der Waals surface area contributed by atoms with E-state index in [2.05, 4.69) is 42.3 Å². The number of hydrogen-bond acceptors (Lipinski definition) is 3. The molecule has 0 radical (unpaired) electrons. The molecule has 3 heteroatoms. The topological polar surface area (TPSA) is 35.5 Å². The van der Waals surface area contributed by atoms with Crippen LogP contribution in [0.5, 0.6) is 0 Å². The first-order chi connectivity index (χ1) is 8.76. The van der Waals surface area contributed by atoms with Gasteiger partial charge in [0.2, 0.25) is 0 Å². The summed E-state index contributed by atoms with van der Waals surface area (Å²) in [6, 6.07) is 7.35. The number of benzene rings is 1. The maximum atomic E-state index is 8.76. The second-order valence-electron chi connectivity index (χ2n) is 4.99. The highest BCUT2D eigenvalue weighted by Crippen LogP contribution is 2.29. The lowest BCUT2D eigenvalue weighted by molar-refractivity contribution is 0.209. The first kappa shape index (κ1) is 13.5. The Morgan fingerprint density at radius 1 is 1.44 bits per heavy atom. The number of nitrogens with zero attached hydrogens (tertiary/aromatic N) is 1. The van der Waals surface area contributed by atoms with Crippen LogP contribution in [0.25, 0.3) is 0 Å². The summed E-state index contributed by atoms with van der Waals surface area (Å²) in [5, 5.41) is 12.0. The number of aliphatic hydroxyl groups is 1. The second kappa shape index (κ2) is 6.32. The van der Waals surface area contributed by atoms with Gasteiger partial charge in [0.25, 0.3) is 0 Å². The molecule has 1 aromatic rings. The number of aliphatic hydroxyl groups excluding tert-OH is 1. The van der Waals surface area contributed by atoms with E-state index in [-0.39, 0.29) is 6.61 Å².